The van der Waals surface area contributed by atoms with Crippen LogP contribution in [-0.2, 0) is 22.4 Å². The van der Waals surface area contributed by atoms with Gasteiger partial charge in [0.05, 0.1) is 0 Å². The minimum Gasteiger partial charge on any atom is -0.354 e. The summed E-state index contributed by atoms with van der Waals surface area (Å²) >= 11 is 4.05. The van der Waals surface area contributed by atoms with Crippen LogP contribution in [0.15, 0.2) is 54.6 Å². The monoisotopic (exact) mass is 402 g/mol. The third kappa shape index (κ3) is 8.13. The van der Waals surface area contributed by atoms with E-state index >= 15 is 0 Å². The van der Waals surface area contributed by atoms with Crippen LogP contribution in [0.5, 0.6) is 0 Å². The van der Waals surface area contributed by atoms with Crippen molar-refractivity contribution in [1.29, 1.82) is 0 Å². The van der Waals surface area contributed by atoms with Crippen LogP contribution in [0, 0.1) is 5.82 Å². The number of nitrogens with one attached hydrogen (secondary N) is 2. The molecule has 0 aliphatic carbocycles. The Bertz CT molecular complexity index is 738. The molecule has 0 heterocycles. The molecule has 0 unspecified atom stereocenters. The Labute approximate surface area is 171 Å². The van der Waals surface area contributed by atoms with Gasteiger partial charge in [-0.15, -0.1) is 0 Å². The van der Waals surface area contributed by atoms with E-state index in [1.165, 1.54) is 17.7 Å². The molecule has 0 aliphatic rings. The average molecular weight is 403 g/mol. The Kier molecular flexibility index (Phi) is 9.55. The molecular weight excluding hydrogens is 375 g/mol. The normalized spacial score (nSPS) is 11.6. The van der Waals surface area contributed by atoms with E-state index in [9.17, 15) is 14.0 Å². The number of carbonyl (C=O) groups is 2. The molecule has 0 bridgehead atoms. The van der Waals surface area contributed by atoms with E-state index in [0.717, 1.165) is 24.8 Å². The predicted molar refractivity (Wildman–Crippen MR) is 113 cm³/mol. The quantitative estimate of drug-likeness (QED) is 0.399. The largest absolute Gasteiger partial charge is 0.354 e. The van der Waals surface area contributed by atoms with Crippen LogP contribution in [0.2, 0.25) is 0 Å². The maximum absolute atomic E-state index is 13.1. The second-order valence-electron chi connectivity index (χ2n) is 6.66. The molecule has 2 rings (SSSR count). The molecule has 28 heavy (non-hydrogen) atoms. The van der Waals surface area contributed by atoms with E-state index < -0.39 is 6.04 Å². The van der Waals surface area contributed by atoms with Crippen LogP contribution in [-0.4, -0.2) is 30.2 Å². The molecule has 0 saturated carbocycles. The third-order valence-electron chi connectivity index (χ3n) is 4.38. The molecule has 0 aromatic heterocycles. The van der Waals surface area contributed by atoms with Gasteiger partial charge >= 0.3 is 0 Å². The summed E-state index contributed by atoms with van der Waals surface area (Å²) in [5, 5.41) is 5.66. The molecule has 0 radical (unpaired) electrons. The Morgan fingerprint density at radius 1 is 0.964 bits per heavy atom. The van der Waals surface area contributed by atoms with Gasteiger partial charge in [-0.25, -0.2) is 4.39 Å². The van der Waals surface area contributed by atoms with E-state index in [0.29, 0.717) is 18.7 Å². The van der Waals surface area contributed by atoms with Crippen LogP contribution < -0.4 is 10.6 Å². The molecule has 0 spiro atoms. The van der Waals surface area contributed by atoms with Crippen molar-refractivity contribution in [3.63, 3.8) is 0 Å². The minimum absolute atomic E-state index is 0.221. The lowest BCUT2D eigenvalue weighted by molar-refractivity contribution is -0.128. The summed E-state index contributed by atoms with van der Waals surface area (Å²) in [6, 6.07) is 15.5. The topological polar surface area (TPSA) is 58.2 Å². The van der Waals surface area contributed by atoms with Gasteiger partial charge in [0.1, 0.15) is 11.9 Å². The van der Waals surface area contributed by atoms with Crippen molar-refractivity contribution in [2.45, 2.75) is 38.1 Å². The summed E-state index contributed by atoms with van der Waals surface area (Å²) in [6.45, 7) is 0.550. The van der Waals surface area contributed by atoms with Crippen molar-refractivity contribution >= 4 is 24.4 Å². The molecule has 0 saturated heterocycles. The average Bonchev–Trinajstić information content (AvgIpc) is 2.69. The fourth-order valence-corrected chi connectivity index (χ4v) is 3.07. The minimum atomic E-state index is -0.688. The Morgan fingerprint density at radius 2 is 1.68 bits per heavy atom. The van der Waals surface area contributed by atoms with Gasteiger partial charge in [0.2, 0.25) is 11.8 Å². The molecule has 150 valence electrons. The first-order valence-corrected chi connectivity index (χ1v) is 10.2. The second-order valence-corrected chi connectivity index (χ2v) is 7.11. The van der Waals surface area contributed by atoms with Crippen LogP contribution in [0.3, 0.4) is 0 Å². The highest BCUT2D eigenvalue weighted by Crippen LogP contribution is 2.07. The van der Waals surface area contributed by atoms with E-state index in [1.807, 2.05) is 18.2 Å². The summed E-state index contributed by atoms with van der Waals surface area (Å²) in [6.07, 6.45) is 3.35. The van der Waals surface area contributed by atoms with Gasteiger partial charge in [-0.1, -0.05) is 42.5 Å². The molecule has 6 heteroatoms. The molecule has 2 aromatic carbocycles. The van der Waals surface area contributed by atoms with Crippen molar-refractivity contribution in [2.75, 3.05) is 12.3 Å². The number of amides is 2. The Morgan fingerprint density at radius 3 is 2.36 bits per heavy atom. The number of hydrogen-bond acceptors (Lipinski definition) is 3. The fraction of sp³-hybridized carbons (Fsp3) is 0.364. The maximum atomic E-state index is 13.1. The first-order chi connectivity index (χ1) is 13.6. The maximum Gasteiger partial charge on any atom is 0.242 e. The van der Waals surface area contributed by atoms with Crippen LogP contribution >= 0.6 is 12.6 Å². The first-order valence-electron chi connectivity index (χ1n) is 9.55. The van der Waals surface area contributed by atoms with Gasteiger partial charge in [0.25, 0.3) is 0 Å². The first kappa shape index (κ1) is 22.0. The molecular formula is C22H27FN2O2S. The van der Waals surface area contributed by atoms with E-state index in [1.54, 1.807) is 12.1 Å². The molecule has 4 nitrogen and oxygen atoms in total. The summed E-state index contributed by atoms with van der Waals surface area (Å²) in [5.74, 6) is -0.365. The van der Waals surface area contributed by atoms with E-state index in [2.05, 4.69) is 35.4 Å². The summed E-state index contributed by atoms with van der Waals surface area (Å²) in [7, 11) is 0. The molecule has 2 N–H and O–H groups in total. The number of aryl methyl sites for hydroxylation is 1. The van der Waals surface area contributed by atoms with E-state index in [4.69, 9.17) is 0 Å². The van der Waals surface area contributed by atoms with Gasteiger partial charge in [0.15, 0.2) is 0 Å². The van der Waals surface area contributed by atoms with Crippen molar-refractivity contribution in [3.8, 4) is 0 Å². The van der Waals surface area contributed by atoms with E-state index in [-0.39, 0.29) is 24.1 Å². The van der Waals surface area contributed by atoms with Crippen molar-refractivity contribution < 1.29 is 14.0 Å². The summed E-state index contributed by atoms with van der Waals surface area (Å²) in [5.41, 5.74) is 2.07. The van der Waals surface area contributed by atoms with Crippen LogP contribution in [0.4, 0.5) is 4.39 Å². The highest BCUT2D eigenvalue weighted by atomic mass is 32.1. The highest BCUT2D eigenvalue weighted by Gasteiger charge is 2.20. The lowest BCUT2D eigenvalue weighted by Crippen LogP contribution is -2.48. The smallest absolute Gasteiger partial charge is 0.242 e. The molecule has 2 amide bonds. The lowest BCUT2D eigenvalue weighted by atomic mass is 10.0. The molecule has 1 atom stereocenters. The third-order valence-corrected chi connectivity index (χ3v) is 4.60. The highest BCUT2D eigenvalue weighted by molar-refractivity contribution is 7.80. The lowest BCUT2D eigenvalue weighted by Gasteiger charge is -2.18. The number of rotatable bonds is 11. The van der Waals surface area contributed by atoms with Gasteiger partial charge in [-0.2, -0.15) is 12.6 Å². The summed E-state index contributed by atoms with van der Waals surface area (Å²) in [4.78, 5) is 24.5. The zero-order valence-electron chi connectivity index (χ0n) is 15.9. The second kappa shape index (κ2) is 12.2. The van der Waals surface area contributed by atoms with Gasteiger partial charge in [0, 0.05) is 19.4 Å². The zero-order valence-corrected chi connectivity index (χ0v) is 16.8. The number of carbonyl (C=O) groups excluding carboxylic acids is 2. The van der Waals surface area contributed by atoms with Gasteiger partial charge in [-0.3, -0.25) is 9.59 Å². The van der Waals surface area contributed by atoms with Crippen LogP contribution in [0.25, 0.3) is 0 Å². The fourth-order valence-electron chi connectivity index (χ4n) is 2.87. The molecule has 0 aliphatic heterocycles. The van der Waals surface area contributed by atoms with Crippen molar-refractivity contribution in [1.82, 2.24) is 10.6 Å². The van der Waals surface area contributed by atoms with Gasteiger partial charge < -0.3 is 10.6 Å². The standard InChI is InChI=1S/C22H27FN2O2S/c23-19-11-9-18(10-12-19)16-20(25-21(26)13-15-28)22(27)24-14-5-4-8-17-6-2-1-3-7-17/h1-3,6-7,9-12,20,28H,4-5,8,13-16H2,(H,24,27)(H,25,26)/t20-/m0/s1. The SMILES string of the molecule is O=C(CCS)N[C@@H](Cc1ccc(F)cc1)C(=O)NCCCCc1ccccc1. The number of benzene rings is 2. The Hall–Kier alpha value is -2.34. The zero-order chi connectivity index (χ0) is 20.2. The Balaban J connectivity index is 1.83. The summed E-state index contributed by atoms with van der Waals surface area (Å²) < 4.78 is 13.1. The van der Waals surface area contributed by atoms with Crippen LogP contribution in [0.1, 0.15) is 30.4 Å². The molecule has 0 fully saturated rings. The predicted octanol–water partition coefficient (Wildman–Crippen LogP) is 3.31. The number of thiol groups is 1. The van der Waals surface area contributed by atoms with Crippen molar-refractivity contribution in [3.05, 3.63) is 71.5 Å². The number of unbranched alkanes of at least 4 members (excludes halogenated alkanes) is 1. The van der Waals surface area contributed by atoms with Crippen molar-refractivity contribution in [2.24, 2.45) is 0 Å². The number of halogens is 1. The van der Waals surface area contributed by atoms with Gasteiger partial charge in [-0.05, 0) is 48.3 Å². The number of hydrogen-bond donors (Lipinski definition) is 3. The molecule has 2 aromatic rings.